The normalized spacial score (nSPS) is 17.0. The summed E-state index contributed by atoms with van der Waals surface area (Å²) in [5.74, 6) is 2.01. The topological polar surface area (TPSA) is 86.9 Å². The number of nitrogens with zero attached hydrogens (tertiary/aromatic N) is 2. The van der Waals surface area contributed by atoms with Gasteiger partial charge in [-0.15, -0.1) is 0 Å². The van der Waals surface area contributed by atoms with E-state index in [9.17, 15) is 8.42 Å². The van der Waals surface area contributed by atoms with Gasteiger partial charge in [-0.25, -0.2) is 8.42 Å². The van der Waals surface area contributed by atoms with Gasteiger partial charge in [-0.3, -0.25) is 4.99 Å². The Morgan fingerprint density at radius 2 is 2.03 bits per heavy atom. The van der Waals surface area contributed by atoms with Gasteiger partial charge in [0.05, 0.1) is 5.75 Å². The molecular weight excluding hydrogens is 388 g/mol. The molecule has 2 aromatic rings. The van der Waals surface area contributed by atoms with Gasteiger partial charge in [0.1, 0.15) is 21.2 Å². The summed E-state index contributed by atoms with van der Waals surface area (Å²) in [7, 11) is -2.90. The minimum atomic E-state index is -2.90. The van der Waals surface area contributed by atoms with Crippen LogP contribution >= 0.6 is 0 Å². The highest BCUT2D eigenvalue weighted by Crippen LogP contribution is 2.19. The lowest BCUT2D eigenvalue weighted by Crippen LogP contribution is -2.49. The molecule has 1 aromatic heterocycles. The van der Waals surface area contributed by atoms with Crippen molar-refractivity contribution in [3.05, 3.63) is 36.1 Å². The Hall–Kier alpha value is -2.06. The number of para-hydroxylation sites is 1. The maximum atomic E-state index is 11.3. The molecule has 1 aliphatic heterocycles. The molecule has 0 saturated carbocycles. The van der Waals surface area contributed by atoms with Crippen LogP contribution < -0.4 is 10.6 Å². The van der Waals surface area contributed by atoms with Gasteiger partial charge in [-0.2, -0.15) is 0 Å². The van der Waals surface area contributed by atoms with Crippen molar-refractivity contribution in [1.29, 1.82) is 0 Å². The Morgan fingerprint density at radius 3 is 2.72 bits per heavy atom. The Bertz CT molecular complexity index is 882. The Labute approximate surface area is 173 Å². The smallest absolute Gasteiger partial charge is 0.191 e. The van der Waals surface area contributed by atoms with Crippen LogP contribution in [0.2, 0.25) is 0 Å². The van der Waals surface area contributed by atoms with Gasteiger partial charge in [0.25, 0.3) is 0 Å². The zero-order valence-electron chi connectivity index (χ0n) is 17.4. The molecule has 29 heavy (non-hydrogen) atoms. The zero-order valence-corrected chi connectivity index (χ0v) is 18.2. The number of rotatable bonds is 8. The number of benzene rings is 1. The van der Waals surface area contributed by atoms with Crippen LogP contribution in [0.25, 0.3) is 11.0 Å². The van der Waals surface area contributed by atoms with E-state index in [4.69, 9.17) is 9.41 Å². The number of hydrogen-bond donors (Lipinski definition) is 2. The molecule has 1 fully saturated rings. The third-order valence-electron chi connectivity index (χ3n) is 5.16. The minimum Gasteiger partial charge on any atom is -0.461 e. The summed E-state index contributed by atoms with van der Waals surface area (Å²) in [4.78, 5) is 6.93. The summed E-state index contributed by atoms with van der Waals surface area (Å²) in [6, 6.07) is 10.5. The molecule has 1 aliphatic rings. The van der Waals surface area contributed by atoms with Gasteiger partial charge in [0.15, 0.2) is 5.96 Å². The number of guanidine groups is 1. The third kappa shape index (κ3) is 7.04. The summed E-state index contributed by atoms with van der Waals surface area (Å²) in [6.07, 6.45) is 4.02. The van der Waals surface area contributed by atoms with Gasteiger partial charge in [0, 0.05) is 56.8 Å². The molecule has 8 heteroatoms. The molecule has 0 atom stereocenters. The lowest BCUT2D eigenvalue weighted by molar-refractivity contribution is 0.216. The standard InChI is InChI=1S/C21H32N4O3S/c1-3-22-21(23-11-8-19-16-17-6-4-5-7-20(17)28-19)24-18-9-12-25(13-10-18)14-15-29(2,26)27/h4-7,16,18H,3,8-15H2,1-2H3,(H2,22,23,24). The summed E-state index contributed by atoms with van der Waals surface area (Å²) in [5.41, 5.74) is 0.916. The molecule has 160 valence electrons. The Morgan fingerprint density at radius 1 is 1.28 bits per heavy atom. The van der Waals surface area contributed by atoms with Gasteiger partial charge in [-0.1, -0.05) is 18.2 Å². The molecule has 0 radical (unpaired) electrons. The van der Waals surface area contributed by atoms with Crippen molar-refractivity contribution in [3.8, 4) is 0 Å². The largest absolute Gasteiger partial charge is 0.461 e. The third-order valence-corrected chi connectivity index (χ3v) is 6.08. The van der Waals surface area contributed by atoms with Gasteiger partial charge in [0.2, 0.25) is 0 Å². The molecule has 0 unspecified atom stereocenters. The summed E-state index contributed by atoms with van der Waals surface area (Å²) < 4.78 is 28.5. The first-order valence-electron chi connectivity index (χ1n) is 10.4. The second-order valence-corrected chi connectivity index (χ2v) is 9.91. The molecule has 3 rings (SSSR count). The number of likely N-dealkylation sites (tertiary alicyclic amines) is 1. The first kappa shape index (κ1) is 21.6. The molecule has 7 nitrogen and oxygen atoms in total. The van der Waals surface area contributed by atoms with Crippen LogP contribution in [0.3, 0.4) is 0 Å². The van der Waals surface area contributed by atoms with Crippen molar-refractivity contribution in [2.45, 2.75) is 32.2 Å². The van der Waals surface area contributed by atoms with E-state index in [1.54, 1.807) is 0 Å². The first-order chi connectivity index (χ1) is 13.9. The molecule has 1 saturated heterocycles. The highest BCUT2D eigenvalue weighted by Gasteiger charge is 2.20. The fraction of sp³-hybridized carbons (Fsp3) is 0.571. The van der Waals surface area contributed by atoms with Gasteiger partial charge >= 0.3 is 0 Å². The van der Waals surface area contributed by atoms with Gasteiger partial charge < -0.3 is 20.0 Å². The fourth-order valence-corrected chi connectivity index (χ4v) is 4.14. The maximum absolute atomic E-state index is 11.3. The number of hydrogen-bond acceptors (Lipinski definition) is 5. The second-order valence-electron chi connectivity index (χ2n) is 7.65. The quantitative estimate of drug-likeness (QED) is 0.502. The van der Waals surface area contributed by atoms with E-state index in [-0.39, 0.29) is 5.75 Å². The SMILES string of the molecule is CCNC(=NCCc1cc2ccccc2o1)NC1CCN(CCS(C)(=O)=O)CC1. The van der Waals surface area contributed by atoms with Crippen LogP contribution in [0.4, 0.5) is 0 Å². The summed E-state index contributed by atoms with van der Waals surface area (Å²) in [6.45, 7) is 5.96. The predicted octanol–water partition coefficient (Wildman–Crippen LogP) is 2.04. The van der Waals surface area contributed by atoms with E-state index in [1.807, 2.05) is 18.2 Å². The molecular formula is C21H32N4O3S. The molecule has 2 N–H and O–H groups in total. The molecule has 0 aliphatic carbocycles. The number of piperidine rings is 1. The van der Waals surface area contributed by atoms with E-state index in [1.165, 1.54) is 6.26 Å². The monoisotopic (exact) mass is 420 g/mol. The maximum Gasteiger partial charge on any atom is 0.191 e. The molecule has 1 aromatic carbocycles. The number of sulfone groups is 1. The van der Waals surface area contributed by atoms with E-state index < -0.39 is 9.84 Å². The zero-order chi connectivity index (χ0) is 20.7. The van der Waals surface area contributed by atoms with Crippen LogP contribution in [0.15, 0.2) is 39.7 Å². The number of nitrogens with one attached hydrogen (secondary N) is 2. The second kappa shape index (κ2) is 10.1. The van der Waals surface area contributed by atoms with Crippen LogP contribution in [-0.4, -0.2) is 70.1 Å². The van der Waals surface area contributed by atoms with Crippen molar-refractivity contribution < 1.29 is 12.8 Å². The fourth-order valence-electron chi connectivity index (χ4n) is 3.55. The van der Waals surface area contributed by atoms with E-state index in [0.29, 0.717) is 19.1 Å². The predicted molar refractivity (Wildman–Crippen MR) is 118 cm³/mol. The summed E-state index contributed by atoms with van der Waals surface area (Å²) >= 11 is 0. The highest BCUT2D eigenvalue weighted by molar-refractivity contribution is 7.90. The van der Waals surface area contributed by atoms with Crippen LogP contribution in [-0.2, 0) is 16.3 Å². The van der Waals surface area contributed by atoms with Crippen LogP contribution in [0, 0.1) is 0 Å². The number of fused-ring (bicyclic) bond motifs is 1. The Balaban J connectivity index is 1.47. The average molecular weight is 421 g/mol. The average Bonchev–Trinajstić information content (AvgIpc) is 3.10. The van der Waals surface area contributed by atoms with E-state index in [0.717, 1.165) is 61.6 Å². The van der Waals surface area contributed by atoms with Gasteiger partial charge in [-0.05, 0) is 31.9 Å². The molecule has 0 bridgehead atoms. The molecule has 0 amide bonds. The van der Waals surface area contributed by atoms with Crippen molar-refractivity contribution in [1.82, 2.24) is 15.5 Å². The van der Waals surface area contributed by atoms with Crippen molar-refractivity contribution in [3.63, 3.8) is 0 Å². The Kier molecular flexibility index (Phi) is 7.55. The van der Waals surface area contributed by atoms with Crippen LogP contribution in [0.5, 0.6) is 0 Å². The molecule has 0 spiro atoms. The van der Waals surface area contributed by atoms with E-state index in [2.05, 4.69) is 34.6 Å². The summed E-state index contributed by atoms with van der Waals surface area (Å²) in [5, 5.41) is 7.96. The van der Waals surface area contributed by atoms with Crippen molar-refractivity contribution in [2.24, 2.45) is 4.99 Å². The van der Waals surface area contributed by atoms with Crippen molar-refractivity contribution in [2.75, 3.05) is 44.7 Å². The lowest BCUT2D eigenvalue weighted by Gasteiger charge is -2.32. The first-order valence-corrected chi connectivity index (χ1v) is 12.4. The van der Waals surface area contributed by atoms with E-state index >= 15 is 0 Å². The molecule has 2 heterocycles. The lowest BCUT2D eigenvalue weighted by atomic mass is 10.1. The van der Waals surface area contributed by atoms with Crippen molar-refractivity contribution >= 4 is 26.8 Å². The number of furan rings is 1. The number of aliphatic imine (C=N–C) groups is 1. The van der Waals surface area contributed by atoms with Crippen LogP contribution in [0.1, 0.15) is 25.5 Å². The minimum absolute atomic E-state index is 0.233. The highest BCUT2D eigenvalue weighted by atomic mass is 32.2.